The molecular weight excluding hydrogens is 272 g/mol. The maximum absolute atomic E-state index is 11.7. The summed E-state index contributed by atoms with van der Waals surface area (Å²) in [5.41, 5.74) is 1.04. The second-order valence-electron chi connectivity index (χ2n) is 4.31. The van der Waals surface area contributed by atoms with Gasteiger partial charge in [-0.3, -0.25) is 10.1 Å². The lowest BCUT2D eigenvalue weighted by molar-refractivity contribution is -0.116. The molecular formula is C14H18N4O3. The molecule has 0 saturated heterocycles. The summed E-state index contributed by atoms with van der Waals surface area (Å²) in [6, 6.07) is 7.88. The Hall–Kier alpha value is -2.57. The molecule has 1 heterocycles. The van der Waals surface area contributed by atoms with Crippen molar-refractivity contribution >= 4 is 11.9 Å². The highest BCUT2D eigenvalue weighted by atomic mass is 16.5. The van der Waals surface area contributed by atoms with Gasteiger partial charge in [0.15, 0.2) is 0 Å². The van der Waals surface area contributed by atoms with Crippen LogP contribution in [0.4, 0.5) is 5.95 Å². The second-order valence-corrected chi connectivity index (χ2v) is 4.31. The monoisotopic (exact) mass is 290 g/mol. The second kappa shape index (κ2) is 7.28. The molecule has 0 unspecified atom stereocenters. The van der Waals surface area contributed by atoms with Crippen molar-refractivity contribution in [3.63, 3.8) is 0 Å². The Morgan fingerprint density at radius 2 is 2.14 bits per heavy atom. The third-order valence-corrected chi connectivity index (χ3v) is 2.68. The summed E-state index contributed by atoms with van der Waals surface area (Å²) in [6.45, 7) is 4.55. The Labute approximate surface area is 122 Å². The van der Waals surface area contributed by atoms with E-state index in [1.165, 1.54) is 0 Å². The molecule has 21 heavy (non-hydrogen) atoms. The highest BCUT2D eigenvalue weighted by Gasteiger charge is 2.08. The number of nitrogens with zero attached hydrogens (tertiary/aromatic N) is 2. The van der Waals surface area contributed by atoms with Crippen molar-refractivity contribution in [2.45, 2.75) is 20.3 Å². The third-order valence-electron chi connectivity index (χ3n) is 2.68. The first kappa shape index (κ1) is 14.8. The minimum Gasteiger partial charge on any atom is -0.493 e. The lowest BCUT2D eigenvalue weighted by atomic mass is 10.2. The summed E-state index contributed by atoms with van der Waals surface area (Å²) in [5, 5.41) is 8.97. The van der Waals surface area contributed by atoms with E-state index in [1.807, 2.05) is 38.1 Å². The van der Waals surface area contributed by atoms with Gasteiger partial charge in [0.2, 0.25) is 11.9 Å². The number of hydrogen-bond donors (Lipinski definition) is 2. The molecule has 1 amide bonds. The number of benzene rings is 1. The Bertz CT molecular complexity index is 597. The van der Waals surface area contributed by atoms with Gasteiger partial charge in [-0.2, -0.15) is 4.98 Å². The van der Waals surface area contributed by atoms with Crippen molar-refractivity contribution in [1.82, 2.24) is 15.2 Å². The average molecular weight is 290 g/mol. The van der Waals surface area contributed by atoms with Gasteiger partial charge in [-0.1, -0.05) is 18.2 Å². The van der Waals surface area contributed by atoms with Crippen LogP contribution in [-0.4, -0.2) is 34.3 Å². The SMILES string of the molecule is CCOc1n[nH]c(NC(=O)CCOc2ccccc2C)n1. The van der Waals surface area contributed by atoms with Gasteiger partial charge in [-0.15, -0.1) is 5.10 Å². The molecule has 0 aliphatic rings. The lowest BCUT2D eigenvalue weighted by Crippen LogP contribution is -2.16. The molecule has 2 N–H and O–H groups in total. The fraction of sp³-hybridized carbons (Fsp3) is 0.357. The quantitative estimate of drug-likeness (QED) is 0.813. The summed E-state index contributed by atoms with van der Waals surface area (Å²) < 4.78 is 10.6. The summed E-state index contributed by atoms with van der Waals surface area (Å²) in [5.74, 6) is 0.839. The van der Waals surface area contributed by atoms with Gasteiger partial charge in [0.1, 0.15) is 5.75 Å². The number of nitrogens with one attached hydrogen (secondary N) is 2. The van der Waals surface area contributed by atoms with E-state index in [0.717, 1.165) is 11.3 Å². The number of amides is 1. The molecule has 0 bridgehead atoms. The van der Waals surface area contributed by atoms with Crippen LogP contribution >= 0.6 is 0 Å². The van der Waals surface area contributed by atoms with Gasteiger partial charge in [0.05, 0.1) is 19.6 Å². The van der Waals surface area contributed by atoms with Gasteiger partial charge in [0.25, 0.3) is 0 Å². The zero-order valence-electron chi connectivity index (χ0n) is 12.0. The molecule has 112 valence electrons. The average Bonchev–Trinajstić information content (AvgIpc) is 2.88. The Kier molecular flexibility index (Phi) is 5.14. The largest absolute Gasteiger partial charge is 0.493 e. The first-order valence-electron chi connectivity index (χ1n) is 6.72. The summed E-state index contributed by atoms with van der Waals surface area (Å²) in [6.07, 6.45) is 0.221. The zero-order chi connectivity index (χ0) is 15.1. The van der Waals surface area contributed by atoms with Crippen molar-refractivity contribution in [3.8, 4) is 11.8 Å². The van der Waals surface area contributed by atoms with Gasteiger partial charge < -0.3 is 9.47 Å². The molecule has 0 aliphatic heterocycles. The smallest absolute Gasteiger partial charge is 0.337 e. The van der Waals surface area contributed by atoms with Crippen LogP contribution in [0.5, 0.6) is 11.8 Å². The van der Waals surface area contributed by atoms with Gasteiger partial charge in [-0.25, -0.2) is 5.10 Å². The Balaban J connectivity index is 1.75. The normalized spacial score (nSPS) is 10.2. The molecule has 1 aromatic carbocycles. The van der Waals surface area contributed by atoms with E-state index in [2.05, 4.69) is 20.5 Å². The number of para-hydroxylation sites is 1. The number of H-pyrrole nitrogens is 1. The number of rotatable bonds is 7. The molecule has 0 saturated carbocycles. The van der Waals surface area contributed by atoms with E-state index in [0.29, 0.717) is 13.2 Å². The van der Waals surface area contributed by atoms with Crippen molar-refractivity contribution < 1.29 is 14.3 Å². The fourth-order valence-electron chi connectivity index (χ4n) is 1.66. The number of aromatic amines is 1. The number of aromatic nitrogens is 3. The van der Waals surface area contributed by atoms with Gasteiger partial charge in [0, 0.05) is 0 Å². The van der Waals surface area contributed by atoms with Crippen LogP contribution in [0.1, 0.15) is 18.9 Å². The highest BCUT2D eigenvalue weighted by molar-refractivity contribution is 5.88. The molecule has 2 rings (SSSR count). The van der Waals surface area contributed by atoms with Crippen molar-refractivity contribution in [2.24, 2.45) is 0 Å². The lowest BCUT2D eigenvalue weighted by Gasteiger charge is -2.08. The number of hydrogen-bond acceptors (Lipinski definition) is 5. The van der Waals surface area contributed by atoms with Crippen molar-refractivity contribution in [1.29, 1.82) is 0 Å². The van der Waals surface area contributed by atoms with Gasteiger partial charge in [-0.05, 0) is 25.5 Å². The van der Waals surface area contributed by atoms with E-state index >= 15 is 0 Å². The summed E-state index contributed by atoms with van der Waals surface area (Å²) in [4.78, 5) is 15.7. The highest BCUT2D eigenvalue weighted by Crippen LogP contribution is 2.16. The van der Waals surface area contributed by atoms with Gasteiger partial charge >= 0.3 is 6.01 Å². The van der Waals surface area contributed by atoms with Crippen LogP contribution in [0.15, 0.2) is 24.3 Å². The number of aryl methyl sites for hydroxylation is 1. The third kappa shape index (κ3) is 4.48. The van der Waals surface area contributed by atoms with E-state index in [4.69, 9.17) is 9.47 Å². The summed E-state index contributed by atoms with van der Waals surface area (Å²) >= 11 is 0. The molecule has 0 radical (unpaired) electrons. The van der Waals surface area contributed by atoms with Crippen LogP contribution in [0, 0.1) is 6.92 Å². The topological polar surface area (TPSA) is 89.1 Å². The first-order valence-corrected chi connectivity index (χ1v) is 6.72. The summed E-state index contributed by atoms with van der Waals surface area (Å²) in [7, 11) is 0. The zero-order valence-corrected chi connectivity index (χ0v) is 12.0. The van der Waals surface area contributed by atoms with E-state index in [1.54, 1.807) is 0 Å². The standard InChI is InChI=1S/C14H18N4O3/c1-3-20-14-16-13(17-18-14)15-12(19)8-9-21-11-7-5-4-6-10(11)2/h4-7H,3,8-9H2,1-2H3,(H2,15,16,17,18,19). The number of carbonyl (C=O) groups excluding carboxylic acids is 1. The molecule has 0 aliphatic carbocycles. The first-order chi connectivity index (χ1) is 10.2. The number of carbonyl (C=O) groups is 1. The van der Waals surface area contributed by atoms with Crippen LogP contribution < -0.4 is 14.8 Å². The van der Waals surface area contributed by atoms with Crippen molar-refractivity contribution in [2.75, 3.05) is 18.5 Å². The molecule has 0 fully saturated rings. The molecule has 0 atom stereocenters. The minimum absolute atomic E-state index is 0.206. The van der Waals surface area contributed by atoms with E-state index < -0.39 is 0 Å². The predicted molar refractivity (Wildman–Crippen MR) is 77.5 cm³/mol. The van der Waals surface area contributed by atoms with E-state index in [9.17, 15) is 4.79 Å². The molecule has 1 aromatic heterocycles. The maximum Gasteiger partial charge on any atom is 0.337 e. The van der Waals surface area contributed by atoms with Crippen molar-refractivity contribution in [3.05, 3.63) is 29.8 Å². The maximum atomic E-state index is 11.7. The van der Waals surface area contributed by atoms with Crippen LogP contribution in [0.3, 0.4) is 0 Å². The molecule has 2 aromatic rings. The minimum atomic E-state index is -0.206. The molecule has 7 heteroatoms. The number of ether oxygens (including phenoxy) is 2. The van der Waals surface area contributed by atoms with Crippen LogP contribution in [0.2, 0.25) is 0 Å². The Morgan fingerprint density at radius 3 is 2.90 bits per heavy atom. The Morgan fingerprint density at radius 1 is 1.33 bits per heavy atom. The fourth-order valence-corrected chi connectivity index (χ4v) is 1.66. The predicted octanol–water partition coefficient (Wildman–Crippen LogP) is 1.92. The van der Waals surface area contributed by atoms with E-state index in [-0.39, 0.29) is 24.3 Å². The van der Waals surface area contributed by atoms with Crippen LogP contribution in [-0.2, 0) is 4.79 Å². The molecule has 7 nitrogen and oxygen atoms in total. The molecule has 0 spiro atoms. The number of anilines is 1. The van der Waals surface area contributed by atoms with Crippen LogP contribution in [0.25, 0.3) is 0 Å².